The Morgan fingerprint density at radius 3 is 3.06 bits per heavy atom. The zero-order valence-electron chi connectivity index (χ0n) is 10.2. The van der Waals surface area contributed by atoms with Gasteiger partial charge in [-0.3, -0.25) is 4.79 Å². The van der Waals surface area contributed by atoms with Gasteiger partial charge in [0.15, 0.2) is 0 Å². The fourth-order valence-electron chi connectivity index (χ4n) is 1.88. The molecule has 1 aromatic rings. The van der Waals surface area contributed by atoms with E-state index in [9.17, 15) is 4.79 Å². The second kappa shape index (κ2) is 5.14. The van der Waals surface area contributed by atoms with Gasteiger partial charge in [-0.15, -0.1) is 0 Å². The zero-order chi connectivity index (χ0) is 12.3. The molecule has 1 aromatic heterocycles. The Labute approximate surface area is 101 Å². The molecule has 0 spiro atoms. The zero-order valence-corrected chi connectivity index (χ0v) is 10.2. The van der Waals surface area contributed by atoms with E-state index in [1.54, 1.807) is 12.3 Å². The molecule has 1 unspecified atom stereocenters. The number of nitrogens with one attached hydrogen (secondary N) is 2. The lowest BCUT2D eigenvalue weighted by molar-refractivity contribution is -0.117. The topological polar surface area (TPSA) is 57.3 Å². The minimum atomic E-state index is -0.0500. The second-order valence-corrected chi connectivity index (χ2v) is 4.44. The minimum Gasteiger partial charge on any atom is -0.363 e. The highest BCUT2D eigenvalue weighted by atomic mass is 16.2. The predicted octanol–water partition coefficient (Wildman–Crippen LogP) is 0.838. The van der Waals surface area contributed by atoms with Crippen molar-refractivity contribution in [3.05, 3.63) is 18.3 Å². The number of pyridine rings is 1. The molecule has 0 aromatic carbocycles. The lowest BCUT2D eigenvalue weighted by Crippen LogP contribution is -2.35. The lowest BCUT2D eigenvalue weighted by atomic mass is 10.2. The number of aromatic nitrogens is 1. The number of hydrogen-bond acceptors (Lipinski definition) is 4. The van der Waals surface area contributed by atoms with Gasteiger partial charge in [0.2, 0.25) is 5.91 Å². The van der Waals surface area contributed by atoms with Crippen molar-refractivity contribution in [3.63, 3.8) is 0 Å². The van der Waals surface area contributed by atoms with E-state index >= 15 is 0 Å². The van der Waals surface area contributed by atoms with Crippen LogP contribution >= 0.6 is 0 Å². The normalized spacial score (nSPS) is 19.1. The molecule has 92 valence electrons. The molecule has 5 heteroatoms. The van der Waals surface area contributed by atoms with Gasteiger partial charge in [-0.25, -0.2) is 4.98 Å². The molecule has 1 aliphatic heterocycles. The third-order valence-corrected chi connectivity index (χ3v) is 2.85. The van der Waals surface area contributed by atoms with Gasteiger partial charge in [0, 0.05) is 32.0 Å². The molecule has 0 aliphatic carbocycles. The summed E-state index contributed by atoms with van der Waals surface area (Å²) in [6.07, 6.45) is 3.68. The number of nitrogens with zero attached hydrogens (tertiary/aromatic N) is 2. The Bertz CT molecular complexity index is 399. The van der Waals surface area contributed by atoms with Gasteiger partial charge in [-0.05, 0) is 25.5 Å². The number of hydrogen-bond donors (Lipinski definition) is 2. The minimum absolute atomic E-state index is 0.0402. The molecule has 2 N–H and O–H groups in total. The molecule has 2 rings (SSSR count). The Kier molecular flexibility index (Phi) is 3.58. The third-order valence-electron chi connectivity index (χ3n) is 2.85. The van der Waals surface area contributed by atoms with Gasteiger partial charge in [0.05, 0.1) is 6.04 Å². The van der Waals surface area contributed by atoms with Gasteiger partial charge in [-0.1, -0.05) is 0 Å². The molecule has 2 heterocycles. The quantitative estimate of drug-likeness (QED) is 0.813. The smallest absolute Gasteiger partial charge is 0.241 e. The Morgan fingerprint density at radius 1 is 1.59 bits per heavy atom. The van der Waals surface area contributed by atoms with Crippen LogP contribution in [-0.2, 0) is 4.79 Å². The van der Waals surface area contributed by atoms with Crippen LogP contribution in [0.15, 0.2) is 18.3 Å². The molecule has 1 amide bonds. The van der Waals surface area contributed by atoms with Crippen molar-refractivity contribution in [2.45, 2.75) is 18.9 Å². The first-order chi connectivity index (χ1) is 8.16. The van der Waals surface area contributed by atoms with Gasteiger partial charge in [0.1, 0.15) is 5.82 Å². The van der Waals surface area contributed by atoms with Crippen molar-refractivity contribution in [1.82, 2.24) is 10.3 Å². The summed E-state index contributed by atoms with van der Waals surface area (Å²) < 4.78 is 0. The molecule has 17 heavy (non-hydrogen) atoms. The van der Waals surface area contributed by atoms with E-state index in [0.717, 1.165) is 30.9 Å². The molecular weight excluding hydrogens is 216 g/mol. The van der Waals surface area contributed by atoms with Crippen molar-refractivity contribution in [1.29, 1.82) is 0 Å². The summed E-state index contributed by atoms with van der Waals surface area (Å²) in [5.41, 5.74) is 0.794. The summed E-state index contributed by atoms with van der Waals surface area (Å²) in [4.78, 5) is 18.0. The molecule has 5 nitrogen and oxygen atoms in total. The second-order valence-electron chi connectivity index (χ2n) is 4.44. The van der Waals surface area contributed by atoms with Crippen LogP contribution in [-0.4, -0.2) is 37.6 Å². The average molecular weight is 234 g/mol. The van der Waals surface area contributed by atoms with Crippen molar-refractivity contribution >= 4 is 17.4 Å². The number of carbonyl (C=O) groups is 1. The SMILES string of the molecule is CN(C)c1cc(NC(=O)C2CCCN2)ccn1. The van der Waals surface area contributed by atoms with Crippen LogP contribution in [0.1, 0.15) is 12.8 Å². The Hall–Kier alpha value is -1.62. The van der Waals surface area contributed by atoms with E-state index in [-0.39, 0.29) is 11.9 Å². The number of amides is 1. The van der Waals surface area contributed by atoms with Crippen molar-refractivity contribution in [2.24, 2.45) is 0 Å². The highest BCUT2D eigenvalue weighted by Crippen LogP contribution is 2.15. The predicted molar refractivity (Wildman–Crippen MR) is 68.2 cm³/mol. The largest absolute Gasteiger partial charge is 0.363 e. The maximum atomic E-state index is 11.9. The fraction of sp³-hybridized carbons (Fsp3) is 0.500. The van der Waals surface area contributed by atoms with Crippen LogP contribution in [0.5, 0.6) is 0 Å². The van der Waals surface area contributed by atoms with Crippen LogP contribution in [0.4, 0.5) is 11.5 Å². The maximum Gasteiger partial charge on any atom is 0.241 e. The van der Waals surface area contributed by atoms with E-state index < -0.39 is 0 Å². The highest BCUT2D eigenvalue weighted by molar-refractivity contribution is 5.95. The van der Waals surface area contributed by atoms with Gasteiger partial charge < -0.3 is 15.5 Å². The number of carbonyl (C=O) groups excluding carboxylic acids is 1. The van der Waals surface area contributed by atoms with Gasteiger partial charge in [0.25, 0.3) is 0 Å². The van der Waals surface area contributed by atoms with E-state index in [0.29, 0.717) is 0 Å². The van der Waals surface area contributed by atoms with Gasteiger partial charge >= 0.3 is 0 Å². The summed E-state index contributed by atoms with van der Waals surface area (Å²) in [7, 11) is 3.85. The van der Waals surface area contributed by atoms with Crippen LogP contribution < -0.4 is 15.5 Å². The highest BCUT2D eigenvalue weighted by Gasteiger charge is 2.21. The molecular formula is C12H18N4O. The van der Waals surface area contributed by atoms with Crippen molar-refractivity contribution in [3.8, 4) is 0 Å². The first-order valence-electron chi connectivity index (χ1n) is 5.84. The van der Waals surface area contributed by atoms with Gasteiger partial charge in [-0.2, -0.15) is 0 Å². The van der Waals surface area contributed by atoms with Crippen LogP contribution in [0, 0.1) is 0 Å². The monoisotopic (exact) mass is 234 g/mol. The van der Waals surface area contributed by atoms with Crippen LogP contribution in [0.25, 0.3) is 0 Å². The number of anilines is 2. The first-order valence-corrected chi connectivity index (χ1v) is 5.84. The molecule has 0 bridgehead atoms. The average Bonchev–Trinajstić information content (AvgIpc) is 2.82. The fourth-order valence-corrected chi connectivity index (χ4v) is 1.88. The maximum absolute atomic E-state index is 11.9. The number of rotatable bonds is 3. The molecule has 1 aliphatic rings. The van der Waals surface area contributed by atoms with Crippen molar-refractivity contribution in [2.75, 3.05) is 30.9 Å². The summed E-state index contributed by atoms with van der Waals surface area (Å²) in [5.74, 6) is 0.876. The van der Waals surface area contributed by atoms with Crippen LogP contribution in [0.3, 0.4) is 0 Å². The molecule has 0 radical (unpaired) electrons. The molecule has 1 fully saturated rings. The van der Waals surface area contributed by atoms with E-state index in [4.69, 9.17) is 0 Å². The summed E-state index contributed by atoms with van der Waals surface area (Å²) in [5, 5.41) is 6.09. The molecule has 0 saturated carbocycles. The molecule has 1 atom stereocenters. The van der Waals surface area contributed by atoms with Crippen molar-refractivity contribution < 1.29 is 4.79 Å². The first kappa shape index (κ1) is 11.9. The lowest BCUT2D eigenvalue weighted by Gasteiger charge is -2.14. The standard InChI is InChI=1S/C12H18N4O/c1-16(2)11-8-9(5-7-14-11)15-12(17)10-4-3-6-13-10/h5,7-8,10,13H,3-4,6H2,1-2H3,(H,14,15,17). The van der Waals surface area contributed by atoms with E-state index in [1.165, 1.54) is 0 Å². The van der Waals surface area contributed by atoms with Crippen LogP contribution in [0.2, 0.25) is 0 Å². The Morgan fingerprint density at radius 2 is 2.41 bits per heavy atom. The summed E-state index contributed by atoms with van der Waals surface area (Å²) in [6, 6.07) is 3.62. The molecule has 1 saturated heterocycles. The third kappa shape index (κ3) is 2.94. The van der Waals surface area contributed by atoms with E-state index in [1.807, 2.05) is 25.1 Å². The summed E-state index contributed by atoms with van der Waals surface area (Å²) >= 11 is 0. The summed E-state index contributed by atoms with van der Waals surface area (Å²) in [6.45, 7) is 0.928. The van der Waals surface area contributed by atoms with E-state index in [2.05, 4.69) is 15.6 Å². The Balaban J connectivity index is 2.02.